The Balaban J connectivity index is 1.93. The Morgan fingerprint density at radius 3 is 2.29 bits per heavy atom. The van der Waals surface area contributed by atoms with E-state index in [0.29, 0.717) is 50.0 Å². The Kier molecular flexibility index (Phi) is 17.3. The van der Waals surface area contributed by atoms with Crippen LogP contribution in [0, 0.1) is 5.92 Å². The molecule has 3 unspecified atom stereocenters. The molecule has 0 saturated carbocycles. The van der Waals surface area contributed by atoms with E-state index < -0.39 is 36.0 Å². The van der Waals surface area contributed by atoms with E-state index in [1.54, 1.807) is 51.3 Å². The van der Waals surface area contributed by atoms with Gasteiger partial charge < -0.3 is 37.1 Å². The molecule has 0 aliphatic carbocycles. The molecule has 1 saturated heterocycles. The third kappa shape index (κ3) is 13.8. The number of nitrogens with two attached hydrogens (primary N) is 1. The number of alkyl carbamates (subject to hydrolysis) is 1. The average Bonchev–Trinajstić information content (AvgIpc) is 3.32. The molecule has 48 heavy (non-hydrogen) atoms. The Morgan fingerprint density at radius 1 is 0.979 bits per heavy atom. The Hall–Kier alpha value is -4.34. The minimum atomic E-state index is -0.993. The SMILES string of the molecule is CCNC(=O)OCc1ccc(NC(=O)C(CCCNC(N)=O)NC(=O)C(NC(=O)CCCCCN2C(=O)CC(SC)C2=O)C(C)C)cc1. The van der Waals surface area contributed by atoms with Crippen molar-refractivity contribution in [2.24, 2.45) is 11.7 Å². The van der Waals surface area contributed by atoms with Gasteiger partial charge in [0.05, 0.1) is 5.25 Å². The quantitative estimate of drug-likeness (QED) is 0.0869. The number of ether oxygens (including phenoxy) is 1. The standard InChI is InChI=1S/C32H49N7O8S/c1-5-34-32(46)47-19-21-12-14-22(15-13-21)36-28(42)23(10-9-16-35-31(33)45)37-29(43)27(20(2)3)38-25(40)11-7-6-8-17-39-26(41)18-24(48-4)30(39)44/h12-15,20,23-24,27H,5-11,16-19H2,1-4H3,(H,34,46)(H,36,42)(H,37,43)(H,38,40)(H3,33,35,45). The number of carbonyl (C=O) groups excluding carboxylic acids is 7. The van der Waals surface area contributed by atoms with Crippen LogP contribution in [0.25, 0.3) is 0 Å². The van der Waals surface area contributed by atoms with Gasteiger partial charge in [0.2, 0.25) is 29.5 Å². The van der Waals surface area contributed by atoms with Gasteiger partial charge in [-0.15, -0.1) is 0 Å². The minimum Gasteiger partial charge on any atom is -0.445 e. The van der Waals surface area contributed by atoms with Crippen molar-refractivity contribution in [3.63, 3.8) is 0 Å². The van der Waals surface area contributed by atoms with Crippen molar-refractivity contribution >= 4 is 59.1 Å². The molecular weight excluding hydrogens is 642 g/mol. The number of anilines is 1. The highest BCUT2D eigenvalue weighted by Crippen LogP contribution is 2.23. The molecule has 1 aromatic rings. The summed E-state index contributed by atoms with van der Waals surface area (Å²) in [4.78, 5) is 87.7. The number of unbranched alkanes of at least 4 members (excludes halogenated alkanes) is 2. The topological polar surface area (TPSA) is 218 Å². The highest BCUT2D eigenvalue weighted by Gasteiger charge is 2.37. The molecule has 3 atom stereocenters. The number of carbonyl (C=O) groups is 7. The third-order valence-corrected chi connectivity index (χ3v) is 8.49. The summed E-state index contributed by atoms with van der Waals surface area (Å²) in [6.45, 7) is 6.34. The first kappa shape index (κ1) is 39.8. The van der Waals surface area contributed by atoms with E-state index in [2.05, 4.69) is 26.6 Å². The van der Waals surface area contributed by atoms with Crippen LogP contribution in [0.1, 0.15) is 71.3 Å². The summed E-state index contributed by atoms with van der Waals surface area (Å²) in [6.07, 6.45) is 3.86. The molecule has 7 N–H and O–H groups in total. The summed E-state index contributed by atoms with van der Waals surface area (Å²) in [5.41, 5.74) is 6.30. The molecule has 0 aromatic heterocycles. The largest absolute Gasteiger partial charge is 0.445 e. The number of benzene rings is 1. The van der Waals surface area contributed by atoms with Gasteiger partial charge in [-0.1, -0.05) is 32.4 Å². The number of rotatable bonds is 20. The second-order valence-corrected chi connectivity index (χ2v) is 12.7. The summed E-state index contributed by atoms with van der Waals surface area (Å²) in [5.74, 6) is -1.99. The highest BCUT2D eigenvalue weighted by molar-refractivity contribution is 8.00. The van der Waals surface area contributed by atoms with Gasteiger partial charge in [0, 0.05) is 38.2 Å². The number of thioether (sulfide) groups is 1. The van der Waals surface area contributed by atoms with E-state index in [9.17, 15) is 33.6 Å². The monoisotopic (exact) mass is 691 g/mol. The maximum atomic E-state index is 13.4. The second kappa shape index (κ2) is 20.8. The normalized spacial score (nSPS) is 15.4. The fraction of sp³-hybridized carbons (Fsp3) is 0.594. The molecule has 0 bridgehead atoms. The van der Waals surface area contributed by atoms with Crippen molar-refractivity contribution in [1.82, 2.24) is 26.2 Å². The molecule has 0 radical (unpaired) electrons. The van der Waals surface area contributed by atoms with Crippen molar-refractivity contribution in [2.45, 2.75) is 89.7 Å². The first-order valence-electron chi connectivity index (χ1n) is 16.2. The van der Waals surface area contributed by atoms with Crippen LogP contribution in [-0.2, 0) is 35.3 Å². The fourth-order valence-electron chi connectivity index (χ4n) is 4.89. The molecule has 1 aliphatic rings. The first-order valence-corrected chi connectivity index (χ1v) is 17.4. The fourth-order valence-corrected chi connectivity index (χ4v) is 5.53. The van der Waals surface area contributed by atoms with Gasteiger partial charge >= 0.3 is 12.1 Å². The predicted molar refractivity (Wildman–Crippen MR) is 182 cm³/mol. The lowest BCUT2D eigenvalue weighted by Crippen LogP contribution is -2.54. The summed E-state index contributed by atoms with van der Waals surface area (Å²) in [6, 6.07) is 4.05. The number of imide groups is 1. The zero-order valence-electron chi connectivity index (χ0n) is 28.1. The van der Waals surface area contributed by atoms with Gasteiger partial charge in [-0.3, -0.25) is 28.9 Å². The Morgan fingerprint density at radius 2 is 1.69 bits per heavy atom. The Bertz CT molecular complexity index is 1280. The number of amides is 8. The van der Waals surface area contributed by atoms with Crippen LogP contribution < -0.4 is 32.3 Å². The van der Waals surface area contributed by atoms with Crippen molar-refractivity contribution in [1.29, 1.82) is 0 Å². The summed E-state index contributed by atoms with van der Waals surface area (Å²) < 4.78 is 5.10. The number of urea groups is 1. The molecule has 16 heteroatoms. The summed E-state index contributed by atoms with van der Waals surface area (Å²) >= 11 is 1.37. The van der Waals surface area contributed by atoms with E-state index in [-0.39, 0.29) is 61.3 Å². The molecule has 15 nitrogen and oxygen atoms in total. The molecule has 8 amide bonds. The molecule has 1 heterocycles. The van der Waals surface area contributed by atoms with Crippen LogP contribution in [0.2, 0.25) is 0 Å². The van der Waals surface area contributed by atoms with Gasteiger partial charge in [0.15, 0.2) is 0 Å². The average molecular weight is 692 g/mol. The molecule has 1 aromatic carbocycles. The minimum absolute atomic E-state index is 0.0489. The maximum absolute atomic E-state index is 13.4. The van der Waals surface area contributed by atoms with Crippen LogP contribution in [-0.4, -0.2) is 89.8 Å². The molecule has 1 aliphatic heterocycles. The number of hydrogen-bond acceptors (Lipinski definition) is 9. The Labute approximate surface area is 285 Å². The van der Waals surface area contributed by atoms with Crippen LogP contribution in [0.15, 0.2) is 24.3 Å². The zero-order chi connectivity index (χ0) is 35.6. The predicted octanol–water partition coefficient (Wildman–Crippen LogP) is 2.00. The van der Waals surface area contributed by atoms with Gasteiger partial charge in [-0.05, 0) is 62.5 Å². The number of likely N-dealkylation sites (tertiary alicyclic amines) is 1. The van der Waals surface area contributed by atoms with Crippen molar-refractivity contribution < 1.29 is 38.3 Å². The first-order chi connectivity index (χ1) is 22.9. The van der Waals surface area contributed by atoms with E-state index in [1.807, 2.05) is 0 Å². The van der Waals surface area contributed by atoms with Crippen LogP contribution in [0.3, 0.4) is 0 Å². The lowest BCUT2D eigenvalue weighted by molar-refractivity contribution is -0.138. The summed E-state index contributed by atoms with van der Waals surface area (Å²) in [5, 5.41) is 13.0. The molecule has 2 rings (SSSR count). The number of nitrogens with zero attached hydrogens (tertiary/aromatic N) is 1. The summed E-state index contributed by atoms with van der Waals surface area (Å²) in [7, 11) is 0. The van der Waals surface area contributed by atoms with Gasteiger partial charge in [0.1, 0.15) is 18.7 Å². The number of hydrogen-bond donors (Lipinski definition) is 6. The van der Waals surface area contributed by atoms with Crippen molar-refractivity contribution in [3.8, 4) is 0 Å². The number of nitrogens with one attached hydrogen (secondary N) is 5. The highest BCUT2D eigenvalue weighted by atomic mass is 32.2. The molecule has 0 spiro atoms. The second-order valence-electron chi connectivity index (χ2n) is 11.7. The number of primary amides is 1. The van der Waals surface area contributed by atoms with E-state index >= 15 is 0 Å². The smallest absolute Gasteiger partial charge is 0.407 e. The van der Waals surface area contributed by atoms with Gasteiger partial charge in [-0.2, -0.15) is 11.8 Å². The third-order valence-electron chi connectivity index (χ3n) is 7.55. The molecule has 1 fully saturated rings. The van der Waals surface area contributed by atoms with E-state index in [1.165, 1.54) is 16.7 Å². The van der Waals surface area contributed by atoms with Crippen LogP contribution in [0.5, 0.6) is 0 Å². The van der Waals surface area contributed by atoms with Crippen LogP contribution in [0.4, 0.5) is 15.3 Å². The van der Waals surface area contributed by atoms with Gasteiger partial charge in [0.25, 0.3) is 0 Å². The van der Waals surface area contributed by atoms with E-state index in [0.717, 1.165) is 0 Å². The maximum Gasteiger partial charge on any atom is 0.407 e. The van der Waals surface area contributed by atoms with Crippen LogP contribution >= 0.6 is 11.8 Å². The molecule has 266 valence electrons. The zero-order valence-corrected chi connectivity index (χ0v) is 28.9. The van der Waals surface area contributed by atoms with Gasteiger partial charge in [-0.25, -0.2) is 9.59 Å². The van der Waals surface area contributed by atoms with E-state index in [4.69, 9.17) is 10.5 Å². The van der Waals surface area contributed by atoms with Crippen molar-refractivity contribution in [3.05, 3.63) is 29.8 Å². The lowest BCUT2D eigenvalue weighted by Gasteiger charge is -2.25. The van der Waals surface area contributed by atoms with Crippen molar-refractivity contribution in [2.75, 3.05) is 31.2 Å². The lowest BCUT2D eigenvalue weighted by atomic mass is 10.0. The molecular formula is C32H49N7O8S.